The third kappa shape index (κ3) is 7.23. The fraction of sp³-hybridized carbons (Fsp3) is 0.257. The lowest BCUT2D eigenvalue weighted by molar-refractivity contribution is -0.116. The molecule has 0 saturated carbocycles. The number of para-hydroxylation sites is 1. The van der Waals surface area contributed by atoms with Gasteiger partial charge in [0.2, 0.25) is 0 Å². The molecule has 0 amide bonds. The second-order valence-electron chi connectivity index (χ2n) is 11.0. The summed E-state index contributed by atoms with van der Waals surface area (Å²) in [7, 11) is 1.29. The lowest BCUT2D eigenvalue weighted by Crippen LogP contribution is -2.38. The predicted octanol–water partition coefficient (Wildman–Crippen LogP) is 6.45. The molecule has 0 bridgehead atoms. The maximum absolute atomic E-state index is 13.4. The standard InChI is InChI=1S/C35H39N3O6/c1-22(2)16-31(32(20-40)38-30-15-9-8-14-28(30)35(43)44-3)37-23(19-39)18-36-33(21-41)34(42)17-29-26-12-6-4-10-24(26)25-11-5-7-13-27(25)29/h4-15,19-22,29,31,36-41H,16-18H2,1-3H3/t31-/m0/s1. The molecule has 1 aliphatic carbocycles. The third-order valence-electron chi connectivity index (χ3n) is 7.60. The molecule has 0 heterocycles. The van der Waals surface area contributed by atoms with Crippen molar-refractivity contribution in [2.45, 2.75) is 38.6 Å². The van der Waals surface area contributed by atoms with Gasteiger partial charge < -0.3 is 36.0 Å². The summed E-state index contributed by atoms with van der Waals surface area (Å²) in [5, 5.41) is 39.5. The molecule has 9 nitrogen and oxygen atoms in total. The van der Waals surface area contributed by atoms with E-state index in [4.69, 9.17) is 4.74 Å². The minimum Gasteiger partial charge on any atom is -0.514 e. The van der Waals surface area contributed by atoms with Crippen molar-refractivity contribution in [1.82, 2.24) is 10.6 Å². The summed E-state index contributed by atoms with van der Waals surface area (Å²) in [4.78, 5) is 25.7. The Bertz CT molecular complexity index is 1530. The monoisotopic (exact) mass is 597 g/mol. The van der Waals surface area contributed by atoms with Crippen molar-refractivity contribution in [1.29, 1.82) is 0 Å². The zero-order valence-corrected chi connectivity index (χ0v) is 25.1. The molecule has 4 rings (SSSR count). The highest BCUT2D eigenvalue weighted by molar-refractivity contribution is 5.97. The molecule has 230 valence electrons. The quantitative estimate of drug-likeness (QED) is 0.0703. The Labute approximate surface area is 257 Å². The molecule has 0 aromatic heterocycles. The second-order valence-corrected chi connectivity index (χ2v) is 11.0. The van der Waals surface area contributed by atoms with E-state index in [1.165, 1.54) is 7.11 Å². The molecule has 0 spiro atoms. The summed E-state index contributed by atoms with van der Waals surface area (Å²) in [5.41, 5.74) is 5.74. The third-order valence-corrected chi connectivity index (χ3v) is 7.60. The predicted molar refractivity (Wildman–Crippen MR) is 171 cm³/mol. The van der Waals surface area contributed by atoms with Crippen LogP contribution in [0, 0.1) is 5.92 Å². The largest absolute Gasteiger partial charge is 0.514 e. The maximum atomic E-state index is 13.4. The SMILES string of the molecule is COC(=O)c1ccccc1NC(=CO)[C@H](CC(C)C)NC(=CO)CNC(=CO)C(=O)CC1c2ccccc2-c2ccccc21. The van der Waals surface area contributed by atoms with Gasteiger partial charge in [0.15, 0.2) is 5.78 Å². The summed E-state index contributed by atoms with van der Waals surface area (Å²) in [6, 6.07) is 22.3. The first-order valence-corrected chi connectivity index (χ1v) is 14.5. The van der Waals surface area contributed by atoms with Gasteiger partial charge in [-0.2, -0.15) is 0 Å². The van der Waals surface area contributed by atoms with Crippen molar-refractivity contribution in [3.05, 3.63) is 125 Å². The van der Waals surface area contributed by atoms with Crippen molar-refractivity contribution < 1.29 is 29.6 Å². The van der Waals surface area contributed by atoms with Crippen LogP contribution in [0.5, 0.6) is 0 Å². The van der Waals surface area contributed by atoms with Crippen molar-refractivity contribution in [2.24, 2.45) is 5.92 Å². The topological polar surface area (TPSA) is 140 Å². The highest BCUT2D eigenvalue weighted by atomic mass is 16.5. The van der Waals surface area contributed by atoms with Crippen LogP contribution in [-0.4, -0.2) is 46.8 Å². The number of aliphatic hydroxyl groups is 3. The van der Waals surface area contributed by atoms with Crippen LogP contribution in [0.1, 0.15) is 54.1 Å². The number of aliphatic hydroxyl groups excluding tert-OH is 3. The zero-order chi connectivity index (χ0) is 31.6. The zero-order valence-electron chi connectivity index (χ0n) is 25.1. The van der Waals surface area contributed by atoms with E-state index in [1.54, 1.807) is 24.3 Å². The highest BCUT2D eigenvalue weighted by Crippen LogP contribution is 2.46. The number of fused-ring (bicyclic) bond motifs is 3. The highest BCUT2D eigenvalue weighted by Gasteiger charge is 2.30. The number of hydrogen-bond donors (Lipinski definition) is 6. The van der Waals surface area contributed by atoms with E-state index in [0.29, 0.717) is 29.1 Å². The molecule has 9 heteroatoms. The van der Waals surface area contributed by atoms with E-state index in [2.05, 4.69) is 28.1 Å². The van der Waals surface area contributed by atoms with E-state index in [0.717, 1.165) is 41.0 Å². The number of carbonyl (C=O) groups excluding carboxylic acids is 2. The van der Waals surface area contributed by atoms with Gasteiger partial charge in [-0.15, -0.1) is 0 Å². The minimum absolute atomic E-state index is 0.0106. The molecular formula is C35H39N3O6. The van der Waals surface area contributed by atoms with Crippen LogP contribution in [0.25, 0.3) is 11.1 Å². The molecule has 3 aromatic carbocycles. The lowest BCUT2D eigenvalue weighted by Gasteiger charge is -2.27. The fourth-order valence-corrected chi connectivity index (χ4v) is 5.52. The fourth-order valence-electron chi connectivity index (χ4n) is 5.52. The number of allylic oxidation sites excluding steroid dienone is 1. The first-order chi connectivity index (χ1) is 21.3. The summed E-state index contributed by atoms with van der Waals surface area (Å²) in [6.45, 7) is 4.01. The first kappa shape index (κ1) is 31.7. The van der Waals surface area contributed by atoms with Gasteiger partial charge in [0.05, 0.1) is 48.6 Å². The molecule has 0 fully saturated rings. The number of hydrogen-bond acceptors (Lipinski definition) is 9. The van der Waals surface area contributed by atoms with E-state index in [-0.39, 0.29) is 36.3 Å². The summed E-state index contributed by atoms with van der Waals surface area (Å²) < 4.78 is 4.88. The Kier molecular flexibility index (Phi) is 10.7. The molecule has 0 unspecified atom stereocenters. The maximum Gasteiger partial charge on any atom is 0.339 e. The number of benzene rings is 3. The van der Waals surface area contributed by atoms with Crippen molar-refractivity contribution in [2.75, 3.05) is 19.0 Å². The molecule has 6 N–H and O–H groups in total. The molecule has 0 saturated heterocycles. The van der Waals surface area contributed by atoms with Crippen LogP contribution >= 0.6 is 0 Å². The van der Waals surface area contributed by atoms with Gasteiger partial charge in [-0.05, 0) is 46.7 Å². The second kappa shape index (κ2) is 14.8. The Morgan fingerprint density at radius 1 is 0.864 bits per heavy atom. The Hall–Kier alpha value is -5.18. The number of methoxy groups -OCH3 is 1. The van der Waals surface area contributed by atoms with Gasteiger partial charge in [-0.25, -0.2) is 4.79 Å². The van der Waals surface area contributed by atoms with Crippen LogP contribution in [0.4, 0.5) is 5.69 Å². The van der Waals surface area contributed by atoms with E-state index in [9.17, 15) is 24.9 Å². The van der Waals surface area contributed by atoms with Crippen molar-refractivity contribution >= 4 is 17.4 Å². The average Bonchev–Trinajstić information content (AvgIpc) is 3.35. The van der Waals surface area contributed by atoms with Crippen LogP contribution in [0.3, 0.4) is 0 Å². The van der Waals surface area contributed by atoms with Crippen LogP contribution in [-0.2, 0) is 9.53 Å². The molecule has 0 radical (unpaired) electrons. The number of Topliss-reactive ketones (excluding diaryl/α,β-unsaturated/α-hetero) is 1. The smallest absolute Gasteiger partial charge is 0.339 e. The Balaban J connectivity index is 1.45. The first-order valence-electron chi connectivity index (χ1n) is 14.5. The van der Waals surface area contributed by atoms with Gasteiger partial charge in [0.1, 0.15) is 18.2 Å². The summed E-state index contributed by atoms with van der Waals surface area (Å²) in [5.74, 6) is -0.780. The van der Waals surface area contributed by atoms with Gasteiger partial charge >= 0.3 is 5.97 Å². The van der Waals surface area contributed by atoms with Gasteiger partial charge in [0, 0.05) is 12.3 Å². The number of esters is 1. The number of rotatable bonds is 14. The van der Waals surface area contributed by atoms with Gasteiger partial charge in [0.25, 0.3) is 0 Å². The molecule has 0 aliphatic heterocycles. The van der Waals surface area contributed by atoms with Crippen molar-refractivity contribution in [3.63, 3.8) is 0 Å². The molecule has 1 aliphatic rings. The summed E-state index contributed by atoms with van der Waals surface area (Å²) >= 11 is 0. The number of nitrogens with one attached hydrogen (secondary N) is 3. The van der Waals surface area contributed by atoms with Gasteiger partial charge in [-0.1, -0.05) is 74.5 Å². The Morgan fingerprint density at radius 3 is 2.05 bits per heavy atom. The van der Waals surface area contributed by atoms with E-state index >= 15 is 0 Å². The Morgan fingerprint density at radius 2 is 1.48 bits per heavy atom. The number of carbonyl (C=O) groups is 2. The average molecular weight is 598 g/mol. The van der Waals surface area contributed by atoms with Gasteiger partial charge in [-0.3, -0.25) is 4.79 Å². The molecule has 3 aromatic rings. The van der Waals surface area contributed by atoms with E-state index < -0.39 is 12.0 Å². The minimum atomic E-state index is -0.531. The molecule has 1 atom stereocenters. The van der Waals surface area contributed by atoms with Crippen molar-refractivity contribution in [3.8, 4) is 11.1 Å². The van der Waals surface area contributed by atoms with Crippen LogP contribution in [0.2, 0.25) is 0 Å². The summed E-state index contributed by atoms with van der Waals surface area (Å²) in [6.07, 6.45) is 3.23. The number of ether oxygens (including phenoxy) is 1. The lowest BCUT2D eigenvalue weighted by atomic mass is 9.91. The molecule has 44 heavy (non-hydrogen) atoms. The number of ketones is 1. The normalized spacial score (nSPS) is 14.0. The van der Waals surface area contributed by atoms with E-state index in [1.807, 2.05) is 50.2 Å². The van der Waals surface area contributed by atoms with Crippen LogP contribution in [0.15, 0.2) is 109 Å². The number of anilines is 1. The molecular weight excluding hydrogens is 558 g/mol. The van der Waals surface area contributed by atoms with Crippen LogP contribution < -0.4 is 16.0 Å².